The molecule has 0 aliphatic rings. The number of carbonyl (C=O) groups is 1. The Bertz CT molecular complexity index is 1210. The Balaban J connectivity index is 1.94. The van der Waals surface area contributed by atoms with E-state index in [-0.39, 0.29) is 5.97 Å². The molecule has 4 rings (SSSR count). The number of carbonyl (C=O) groups excluding carboxylic acids is 1. The van der Waals surface area contributed by atoms with Crippen molar-refractivity contribution in [2.45, 2.75) is 9.79 Å². The molecular formula is C22H16BrNO3S. The highest BCUT2D eigenvalue weighted by atomic mass is 79.9. The third kappa shape index (κ3) is 3.45. The zero-order chi connectivity index (χ0) is 19.7. The van der Waals surface area contributed by atoms with Crippen LogP contribution >= 0.6 is 27.7 Å². The summed E-state index contributed by atoms with van der Waals surface area (Å²) in [5.74, 6) is 0.413. The molecule has 0 aliphatic heterocycles. The van der Waals surface area contributed by atoms with Crippen molar-refractivity contribution in [2.24, 2.45) is 0 Å². The van der Waals surface area contributed by atoms with Gasteiger partial charge in [0.05, 0.1) is 30.8 Å². The maximum atomic E-state index is 11.9. The number of benzene rings is 3. The van der Waals surface area contributed by atoms with Crippen molar-refractivity contribution in [1.82, 2.24) is 4.98 Å². The highest BCUT2D eigenvalue weighted by molar-refractivity contribution is 9.10. The molecule has 1 aromatic heterocycles. The van der Waals surface area contributed by atoms with Gasteiger partial charge in [0.25, 0.3) is 0 Å². The molecule has 1 heterocycles. The molecule has 0 unspecified atom stereocenters. The minimum Gasteiger partial charge on any atom is -0.497 e. The highest BCUT2D eigenvalue weighted by Gasteiger charge is 2.15. The van der Waals surface area contributed by atoms with Crippen molar-refractivity contribution in [3.05, 3.63) is 70.7 Å². The largest absolute Gasteiger partial charge is 0.497 e. The summed E-state index contributed by atoms with van der Waals surface area (Å²) in [5, 5.41) is 2.06. The van der Waals surface area contributed by atoms with Crippen LogP contribution in [0.3, 0.4) is 0 Å². The molecule has 0 spiro atoms. The van der Waals surface area contributed by atoms with E-state index in [1.54, 1.807) is 24.9 Å². The number of nitrogens with zero attached hydrogens (tertiary/aromatic N) is 1. The lowest BCUT2D eigenvalue weighted by molar-refractivity contribution is 0.0600. The van der Waals surface area contributed by atoms with Gasteiger partial charge in [-0.05, 0) is 42.5 Å². The van der Waals surface area contributed by atoms with E-state index < -0.39 is 0 Å². The average Bonchev–Trinajstić information content (AvgIpc) is 2.72. The van der Waals surface area contributed by atoms with Gasteiger partial charge in [-0.1, -0.05) is 39.8 Å². The van der Waals surface area contributed by atoms with Crippen LogP contribution in [-0.4, -0.2) is 25.2 Å². The van der Waals surface area contributed by atoms with Crippen molar-refractivity contribution in [1.29, 1.82) is 0 Å². The van der Waals surface area contributed by atoms with Crippen molar-refractivity contribution < 1.29 is 14.3 Å². The number of hydrogen-bond donors (Lipinski definition) is 0. The number of hydrogen-bond acceptors (Lipinski definition) is 5. The second-order valence-electron chi connectivity index (χ2n) is 6.08. The fourth-order valence-corrected chi connectivity index (χ4v) is 4.90. The van der Waals surface area contributed by atoms with E-state index in [4.69, 9.17) is 14.5 Å². The zero-order valence-electron chi connectivity index (χ0n) is 15.2. The van der Waals surface area contributed by atoms with Gasteiger partial charge < -0.3 is 9.47 Å². The Morgan fingerprint density at radius 3 is 2.61 bits per heavy atom. The maximum Gasteiger partial charge on any atom is 0.337 e. The van der Waals surface area contributed by atoms with Gasteiger partial charge in [-0.2, -0.15) is 0 Å². The molecule has 4 aromatic rings. The molecule has 0 saturated carbocycles. The fourth-order valence-electron chi connectivity index (χ4n) is 3.05. The number of ether oxygens (including phenoxy) is 2. The molecule has 4 nitrogen and oxygen atoms in total. The first-order chi connectivity index (χ1) is 13.6. The molecule has 0 fully saturated rings. The van der Waals surface area contributed by atoms with Crippen molar-refractivity contribution in [3.63, 3.8) is 0 Å². The standard InChI is InChI=1S/C22H16BrNO3S/c1-26-14-9-10-16-19(12-14)24-18-8-4-7-17(23)20(18)21(16)28-15-6-3-5-13(11-15)22(25)27-2/h3-12H,1-2H3. The number of pyridine rings is 1. The molecule has 0 N–H and O–H groups in total. The first kappa shape index (κ1) is 18.8. The number of methoxy groups -OCH3 is 2. The van der Waals surface area contributed by atoms with Gasteiger partial charge in [0.15, 0.2) is 0 Å². The van der Waals surface area contributed by atoms with Gasteiger partial charge in [-0.25, -0.2) is 9.78 Å². The quantitative estimate of drug-likeness (QED) is 0.276. The average molecular weight is 454 g/mol. The molecule has 28 heavy (non-hydrogen) atoms. The maximum absolute atomic E-state index is 11.9. The third-order valence-electron chi connectivity index (χ3n) is 4.38. The molecule has 140 valence electrons. The fraction of sp³-hybridized carbons (Fsp3) is 0.0909. The van der Waals surface area contributed by atoms with Gasteiger partial charge in [0.2, 0.25) is 0 Å². The van der Waals surface area contributed by atoms with Crippen LogP contribution in [0, 0.1) is 0 Å². The molecule has 0 amide bonds. The molecule has 0 aliphatic carbocycles. The van der Waals surface area contributed by atoms with Crippen LogP contribution in [0.5, 0.6) is 5.75 Å². The summed E-state index contributed by atoms with van der Waals surface area (Å²) in [6, 6.07) is 19.3. The third-order valence-corrected chi connectivity index (χ3v) is 6.16. The zero-order valence-corrected chi connectivity index (χ0v) is 17.6. The Morgan fingerprint density at radius 1 is 1.00 bits per heavy atom. The van der Waals surface area contributed by atoms with E-state index >= 15 is 0 Å². The molecule has 0 radical (unpaired) electrons. The van der Waals surface area contributed by atoms with Crippen LogP contribution in [0.4, 0.5) is 0 Å². The van der Waals surface area contributed by atoms with Crippen LogP contribution in [0.15, 0.2) is 74.9 Å². The van der Waals surface area contributed by atoms with E-state index in [1.165, 1.54) is 7.11 Å². The second kappa shape index (κ2) is 7.81. The van der Waals surface area contributed by atoms with Gasteiger partial charge in [-0.15, -0.1) is 0 Å². The Morgan fingerprint density at radius 2 is 1.82 bits per heavy atom. The topological polar surface area (TPSA) is 48.4 Å². The lowest BCUT2D eigenvalue weighted by atomic mass is 10.1. The van der Waals surface area contributed by atoms with Crippen molar-refractivity contribution in [3.8, 4) is 5.75 Å². The molecule has 3 aromatic carbocycles. The predicted molar refractivity (Wildman–Crippen MR) is 115 cm³/mol. The molecule has 0 atom stereocenters. The second-order valence-corrected chi connectivity index (χ2v) is 8.02. The van der Waals surface area contributed by atoms with Crippen LogP contribution < -0.4 is 4.74 Å². The summed E-state index contributed by atoms with van der Waals surface area (Å²) >= 11 is 5.27. The van der Waals surface area contributed by atoms with Gasteiger partial charge >= 0.3 is 5.97 Å². The summed E-state index contributed by atoms with van der Waals surface area (Å²) in [7, 11) is 3.03. The van der Waals surface area contributed by atoms with E-state index in [9.17, 15) is 4.79 Å². The van der Waals surface area contributed by atoms with Gasteiger partial charge in [0.1, 0.15) is 5.75 Å². The Labute approximate surface area is 175 Å². The van der Waals surface area contributed by atoms with Crippen molar-refractivity contribution in [2.75, 3.05) is 14.2 Å². The van der Waals surface area contributed by atoms with Gasteiger partial charge in [-0.3, -0.25) is 0 Å². The SMILES string of the molecule is COC(=O)c1cccc(Sc2c3ccc(OC)cc3nc3cccc(Br)c23)c1. The van der Waals surface area contributed by atoms with E-state index in [1.807, 2.05) is 54.6 Å². The van der Waals surface area contributed by atoms with Crippen LogP contribution in [0.1, 0.15) is 10.4 Å². The molecule has 0 bridgehead atoms. The van der Waals surface area contributed by atoms with E-state index in [0.717, 1.165) is 41.8 Å². The summed E-state index contributed by atoms with van der Waals surface area (Å²) in [6.45, 7) is 0. The summed E-state index contributed by atoms with van der Waals surface area (Å²) in [5.41, 5.74) is 2.27. The monoisotopic (exact) mass is 453 g/mol. The predicted octanol–water partition coefficient (Wildman–Crippen LogP) is 6.10. The smallest absolute Gasteiger partial charge is 0.337 e. The highest BCUT2D eigenvalue weighted by Crippen LogP contribution is 2.42. The number of halogens is 1. The van der Waals surface area contributed by atoms with Gasteiger partial charge in [0, 0.05) is 31.1 Å². The lowest BCUT2D eigenvalue weighted by Gasteiger charge is -2.13. The van der Waals surface area contributed by atoms with E-state index in [2.05, 4.69) is 15.9 Å². The number of fused-ring (bicyclic) bond motifs is 2. The summed E-state index contributed by atoms with van der Waals surface area (Å²) < 4.78 is 11.2. The molecular weight excluding hydrogens is 438 g/mol. The van der Waals surface area contributed by atoms with Crippen molar-refractivity contribution >= 4 is 55.5 Å². The number of rotatable bonds is 4. The minimum atomic E-state index is -0.349. The Hall–Kier alpha value is -2.57. The lowest BCUT2D eigenvalue weighted by Crippen LogP contribution is -2.00. The number of aromatic nitrogens is 1. The summed E-state index contributed by atoms with van der Waals surface area (Å²) in [6.07, 6.45) is 0. The summed E-state index contributed by atoms with van der Waals surface area (Å²) in [4.78, 5) is 18.7. The first-order valence-corrected chi connectivity index (χ1v) is 10.1. The first-order valence-electron chi connectivity index (χ1n) is 8.53. The minimum absolute atomic E-state index is 0.349. The van der Waals surface area contributed by atoms with Crippen LogP contribution in [-0.2, 0) is 4.74 Å². The van der Waals surface area contributed by atoms with Crippen LogP contribution in [0.2, 0.25) is 0 Å². The van der Waals surface area contributed by atoms with E-state index in [0.29, 0.717) is 5.56 Å². The normalized spacial score (nSPS) is 11.0. The molecule has 0 saturated heterocycles. The van der Waals surface area contributed by atoms with Crippen LogP contribution in [0.25, 0.3) is 21.8 Å². The number of esters is 1. The Kier molecular flexibility index (Phi) is 5.24. The molecule has 6 heteroatoms.